The third-order valence-electron chi connectivity index (χ3n) is 19.8. The van der Waals surface area contributed by atoms with E-state index >= 15 is 0 Å². The van der Waals surface area contributed by atoms with Gasteiger partial charge in [-0.15, -0.1) is 0 Å². The van der Waals surface area contributed by atoms with Gasteiger partial charge in [0.05, 0.1) is 26.4 Å². The molecule has 17 nitrogen and oxygen atoms in total. The van der Waals surface area contributed by atoms with E-state index < -0.39 is 97.5 Å². The Bertz CT molecular complexity index is 1960. The summed E-state index contributed by atoms with van der Waals surface area (Å²) in [6.07, 6.45) is 69.6. The van der Waals surface area contributed by atoms with Gasteiger partial charge in [0.25, 0.3) is 0 Å². The van der Waals surface area contributed by atoms with Crippen LogP contribution in [-0.2, 0) is 65.4 Å². The van der Waals surface area contributed by atoms with Crippen molar-refractivity contribution >= 4 is 39.5 Å². The first kappa shape index (κ1) is 101. The number of carbonyl (C=O) groups is 4. The zero-order valence-corrected chi connectivity index (χ0v) is 69.3. The molecule has 0 aromatic heterocycles. The molecule has 0 aliphatic rings. The quantitative estimate of drug-likeness (QED) is 0.0222. The number of hydrogen-bond acceptors (Lipinski definition) is 15. The molecule has 0 amide bonds. The maximum absolute atomic E-state index is 13.1. The van der Waals surface area contributed by atoms with Crippen molar-refractivity contribution in [2.45, 2.75) is 470 Å². The number of hydrogen-bond donors (Lipinski definition) is 3. The summed E-state index contributed by atoms with van der Waals surface area (Å²) in [4.78, 5) is 73.1. The highest BCUT2D eigenvalue weighted by molar-refractivity contribution is 7.47. The summed E-state index contributed by atoms with van der Waals surface area (Å²) in [5, 5.41) is 10.7. The van der Waals surface area contributed by atoms with Gasteiger partial charge >= 0.3 is 39.5 Å². The lowest BCUT2D eigenvalue weighted by Gasteiger charge is -2.21. The van der Waals surface area contributed by atoms with Crippen molar-refractivity contribution in [1.82, 2.24) is 0 Å². The molecule has 0 aromatic rings. The molecule has 5 atom stereocenters. The maximum Gasteiger partial charge on any atom is 0.472 e. The van der Waals surface area contributed by atoms with Crippen LogP contribution in [0.25, 0.3) is 0 Å². The Morgan fingerprint density at radius 3 is 0.660 bits per heavy atom. The lowest BCUT2D eigenvalue weighted by Crippen LogP contribution is -2.30. The van der Waals surface area contributed by atoms with Gasteiger partial charge in [-0.1, -0.05) is 401 Å². The summed E-state index contributed by atoms with van der Waals surface area (Å²) in [5.74, 6) is -1.40. The molecular formula is C84H164O17P2. The second-order valence-corrected chi connectivity index (χ2v) is 33.6. The van der Waals surface area contributed by atoms with Crippen LogP contribution >= 0.6 is 15.6 Å². The summed E-state index contributed by atoms with van der Waals surface area (Å²) in [7, 11) is -9.92. The number of phosphoric ester groups is 2. The van der Waals surface area contributed by atoms with Crippen molar-refractivity contribution < 1.29 is 80.2 Å². The lowest BCUT2D eigenvalue weighted by molar-refractivity contribution is -0.161. The van der Waals surface area contributed by atoms with Crippen LogP contribution in [0.2, 0.25) is 0 Å². The molecule has 103 heavy (non-hydrogen) atoms. The molecule has 0 rings (SSSR count). The van der Waals surface area contributed by atoms with Gasteiger partial charge < -0.3 is 33.8 Å². The highest BCUT2D eigenvalue weighted by Gasteiger charge is 2.30. The Balaban J connectivity index is 5.22. The maximum atomic E-state index is 13.1. The fourth-order valence-corrected chi connectivity index (χ4v) is 14.7. The molecule has 0 bridgehead atoms. The third kappa shape index (κ3) is 78.0. The first-order chi connectivity index (χ1) is 50.0. The van der Waals surface area contributed by atoms with Crippen LogP contribution in [-0.4, -0.2) is 96.7 Å². The number of aliphatic hydroxyl groups excluding tert-OH is 1. The molecule has 0 aliphatic heterocycles. The molecule has 0 radical (unpaired) electrons. The van der Waals surface area contributed by atoms with Crippen molar-refractivity contribution in [2.24, 2.45) is 5.92 Å². The Kier molecular flexibility index (Phi) is 75.4. The van der Waals surface area contributed by atoms with E-state index in [-0.39, 0.29) is 25.7 Å². The third-order valence-corrected chi connectivity index (χ3v) is 21.7. The molecule has 0 heterocycles. The number of esters is 4. The van der Waals surface area contributed by atoms with E-state index in [4.69, 9.17) is 37.0 Å². The van der Waals surface area contributed by atoms with Crippen molar-refractivity contribution in [1.29, 1.82) is 0 Å². The predicted octanol–water partition coefficient (Wildman–Crippen LogP) is 25.6. The molecule has 3 N–H and O–H groups in total. The highest BCUT2D eigenvalue weighted by atomic mass is 31.2. The fraction of sp³-hybridized carbons (Fsp3) is 0.952. The molecule has 612 valence electrons. The minimum Gasteiger partial charge on any atom is -0.462 e. The minimum atomic E-state index is -4.96. The number of phosphoric acid groups is 2. The molecule has 0 aromatic carbocycles. The van der Waals surface area contributed by atoms with E-state index in [9.17, 15) is 43.2 Å². The number of aliphatic hydroxyl groups is 1. The standard InChI is InChI=1S/C84H164O17P2/c1-6-9-12-15-18-21-24-27-30-32-34-35-36-38-40-43-46-49-54-60-65-70-83(88)100-79(73-94-81(86)67-62-57-52-47-44-42-39-37-33-31-28-25-22-19-16-13-10-7-2)75-98-102(90,91)96-71-78(85)72-97-103(92,93)99-76-80(74-95-82(87)68-63-58-55-50-51-56-61-66-77(4)5)101-84(89)69-64-59-53-48-45-41-29-26-23-20-17-14-11-8-3/h77-80,85H,6-76H2,1-5H3,(H,90,91)(H,92,93)/t78-,79-,80-/m1/s1. The van der Waals surface area contributed by atoms with Gasteiger partial charge in [0.2, 0.25) is 0 Å². The number of rotatable bonds is 84. The molecule has 19 heteroatoms. The first-order valence-electron chi connectivity index (χ1n) is 43.6. The van der Waals surface area contributed by atoms with Crippen LogP contribution in [0.1, 0.15) is 452 Å². The van der Waals surface area contributed by atoms with Crippen molar-refractivity contribution in [3.8, 4) is 0 Å². The Hall–Kier alpha value is -1.94. The number of ether oxygens (including phenoxy) is 4. The van der Waals surface area contributed by atoms with E-state index in [0.29, 0.717) is 31.6 Å². The minimum absolute atomic E-state index is 0.108. The topological polar surface area (TPSA) is 237 Å². The smallest absolute Gasteiger partial charge is 0.462 e. The molecular weight excluding hydrogens is 1340 g/mol. The zero-order chi connectivity index (χ0) is 75.5. The van der Waals surface area contributed by atoms with Gasteiger partial charge in [-0.3, -0.25) is 37.3 Å². The molecule has 0 saturated heterocycles. The largest absolute Gasteiger partial charge is 0.472 e. The predicted molar refractivity (Wildman–Crippen MR) is 423 cm³/mol. The van der Waals surface area contributed by atoms with Crippen molar-refractivity contribution in [3.05, 3.63) is 0 Å². The van der Waals surface area contributed by atoms with E-state index in [1.54, 1.807) is 0 Å². The van der Waals surface area contributed by atoms with Crippen LogP contribution in [0.4, 0.5) is 0 Å². The lowest BCUT2D eigenvalue weighted by atomic mass is 10.0. The van der Waals surface area contributed by atoms with Crippen LogP contribution in [0.5, 0.6) is 0 Å². The normalized spacial score (nSPS) is 13.8. The Morgan fingerprint density at radius 1 is 0.262 bits per heavy atom. The van der Waals surface area contributed by atoms with Gasteiger partial charge in [-0.2, -0.15) is 0 Å². The summed E-state index contributed by atoms with van der Waals surface area (Å²) in [6.45, 7) is 7.29. The number of unbranched alkanes of at least 4 members (excludes halogenated alkanes) is 56. The van der Waals surface area contributed by atoms with E-state index in [0.717, 1.165) is 96.3 Å². The summed E-state index contributed by atoms with van der Waals surface area (Å²) >= 11 is 0. The van der Waals surface area contributed by atoms with Gasteiger partial charge in [0, 0.05) is 25.7 Å². The van der Waals surface area contributed by atoms with Crippen LogP contribution < -0.4 is 0 Å². The van der Waals surface area contributed by atoms with E-state index in [1.165, 1.54) is 270 Å². The van der Waals surface area contributed by atoms with Crippen molar-refractivity contribution in [3.63, 3.8) is 0 Å². The molecule has 0 spiro atoms. The van der Waals surface area contributed by atoms with Gasteiger partial charge in [-0.25, -0.2) is 9.13 Å². The van der Waals surface area contributed by atoms with Gasteiger partial charge in [-0.05, 0) is 31.6 Å². The van der Waals surface area contributed by atoms with E-state index in [1.807, 2.05) is 0 Å². The second-order valence-electron chi connectivity index (χ2n) is 30.7. The second kappa shape index (κ2) is 76.8. The van der Waals surface area contributed by atoms with Crippen LogP contribution in [0.15, 0.2) is 0 Å². The average Bonchev–Trinajstić information content (AvgIpc) is 0.927. The fourth-order valence-electron chi connectivity index (χ4n) is 13.1. The molecule has 0 aliphatic carbocycles. The van der Waals surface area contributed by atoms with Gasteiger partial charge in [0.1, 0.15) is 19.3 Å². The number of carbonyl (C=O) groups excluding carboxylic acids is 4. The van der Waals surface area contributed by atoms with Gasteiger partial charge in [0.15, 0.2) is 12.2 Å². The van der Waals surface area contributed by atoms with Crippen LogP contribution in [0.3, 0.4) is 0 Å². The Morgan fingerprint density at radius 2 is 0.447 bits per heavy atom. The average molecular weight is 1510 g/mol. The molecule has 2 unspecified atom stereocenters. The van der Waals surface area contributed by atoms with Crippen LogP contribution in [0, 0.1) is 5.92 Å². The zero-order valence-electron chi connectivity index (χ0n) is 67.5. The summed E-state index contributed by atoms with van der Waals surface area (Å²) in [6, 6.07) is 0. The van der Waals surface area contributed by atoms with Crippen molar-refractivity contribution in [2.75, 3.05) is 39.6 Å². The molecule has 0 saturated carbocycles. The van der Waals surface area contributed by atoms with E-state index in [2.05, 4.69) is 34.6 Å². The first-order valence-corrected chi connectivity index (χ1v) is 46.6. The Labute approximate surface area is 632 Å². The SMILES string of the molecule is CCCCCCCCCCCCCCCCCCCCCCCC(=O)O[C@H](COC(=O)CCCCCCCCCCCCCCCCCCCC)COP(=O)(O)OC[C@@H](O)COP(=O)(O)OC[C@@H](COC(=O)CCCCCCCCCC(C)C)OC(=O)CCCCCCCCCCCCCCCC. The summed E-state index contributed by atoms with van der Waals surface area (Å²) in [5.41, 5.74) is 0. The highest BCUT2D eigenvalue weighted by Crippen LogP contribution is 2.45. The monoisotopic (exact) mass is 1510 g/mol. The molecule has 0 fully saturated rings. The summed E-state index contributed by atoms with van der Waals surface area (Å²) < 4.78 is 68.8.